The van der Waals surface area contributed by atoms with Crippen LogP contribution in [0.25, 0.3) is 0 Å². The van der Waals surface area contributed by atoms with E-state index in [9.17, 15) is 5.11 Å². The highest BCUT2D eigenvalue weighted by Crippen LogP contribution is 2.21. The molecule has 4 nitrogen and oxygen atoms in total. The number of hydrogen-bond donors (Lipinski definition) is 3. The fraction of sp³-hybridized carbons (Fsp3) is 0.462. The van der Waals surface area contributed by atoms with Gasteiger partial charge in [0, 0.05) is 18.2 Å². The van der Waals surface area contributed by atoms with Gasteiger partial charge in [-0.3, -0.25) is 10.3 Å². The summed E-state index contributed by atoms with van der Waals surface area (Å²) in [6, 6.07) is 8.00. The number of nitrogens with two attached hydrogens (primary N) is 1. The number of rotatable bonds is 4. The molecule has 4 N–H and O–H groups in total. The number of aliphatic hydroxyl groups is 1. The molecule has 18 heavy (non-hydrogen) atoms. The second-order valence-electron chi connectivity index (χ2n) is 4.52. The van der Waals surface area contributed by atoms with Crippen molar-refractivity contribution in [3.8, 4) is 0 Å². The van der Waals surface area contributed by atoms with Crippen molar-refractivity contribution in [1.29, 1.82) is 5.41 Å². The van der Waals surface area contributed by atoms with Crippen LogP contribution in [0.2, 0.25) is 0 Å². The topological polar surface area (TPSA) is 73.3 Å². The molecule has 1 aliphatic rings. The smallest absolute Gasteiger partial charge is 0.123 e. The predicted octanol–water partition coefficient (Wildman–Crippen LogP) is 1.35. The number of aliphatic hydroxyl groups excluding tert-OH is 1. The summed E-state index contributed by atoms with van der Waals surface area (Å²) < 4.78 is 0. The zero-order valence-electron chi connectivity index (χ0n) is 10.3. The summed E-state index contributed by atoms with van der Waals surface area (Å²) in [5, 5.41) is 16.8. The standard InChI is InChI=1S/C13H19N3O.ClH/c14-13(15)12-6-2-1-4-10(12)8-16-7-3-5-11(16)9-17;/h1-2,4,6,11,17H,3,5,7-9H2,(H3,14,15);1H. The molecule has 1 saturated heterocycles. The fourth-order valence-electron chi connectivity index (χ4n) is 2.45. The minimum absolute atomic E-state index is 0. The van der Waals surface area contributed by atoms with E-state index in [1.165, 1.54) is 0 Å². The van der Waals surface area contributed by atoms with E-state index in [1.54, 1.807) is 0 Å². The molecule has 0 aromatic heterocycles. The van der Waals surface area contributed by atoms with E-state index < -0.39 is 0 Å². The van der Waals surface area contributed by atoms with Crippen LogP contribution in [-0.2, 0) is 6.54 Å². The molecule has 0 aliphatic carbocycles. The molecule has 1 fully saturated rings. The van der Waals surface area contributed by atoms with Crippen molar-refractivity contribution in [2.45, 2.75) is 25.4 Å². The lowest BCUT2D eigenvalue weighted by atomic mass is 10.1. The van der Waals surface area contributed by atoms with Crippen LogP contribution in [0.3, 0.4) is 0 Å². The SMILES string of the molecule is Cl.N=C(N)c1ccccc1CN1CCCC1CO. The van der Waals surface area contributed by atoms with Gasteiger partial charge in [-0.2, -0.15) is 0 Å². The maximum atomic E-state index is 9.28. The van der Waals surface area contributed by atoms with E-state index >= 15 is 0 Å². The minimum atomic E-state index is 0. The van der Waals surface area contributed by atoms with E-state index in [0.29, 0.717) is 0 Å². The van der Waals surface area contributed by atoms with Crippen molar-refractivity contribution in [2.24, 2.45) is 5.73 Å². The van der Waals surface area contributed by atoms with Gasteiger partial charge in [-0.1, -0.05) is 24.3 Å². The number of halogens is 1. The van der Waals surface area contributed by atoms with Crippen LogP contribution in [0.5, 0.6) is 0 Å². The van der Waals surface area contributed by atoms with Crippen LogP contribution in [0, 0.1) is 5.41 Å². The molecular weight excluding hydrogens is 250 g/mol. The number of hydrogen-bond acceptors (Lipinski definition) is 3. The van der Waals surface area contributed by atoms with Crippen molar-refractivity contribution in [3.63, 3.8) is 0 Å². The summed E-state index contributed by atoms with van der Waals surface area (Å²) in [5.41, 5.74) is 7.44. The average Bonchev–Trinajstić information content (AvgIpc) is 2.77. The Labute approximate surface area is 114 Å². The first-order valence-corrected chi connectivity index (χ1v) is 5.99. The van der Waals surface area contributed by atoms with Gasteiger partial charge >= 0.3 is 0 Å². The number of benzene rings is 1. The Morgan fingerprint density at radius 3 is 2.83 bits per heavy atom. The molecule has 1 aromatic rings. The molecule has 5 heteroatoms. The van der Waals surface area contributed by atoms with Gasteiger partial charge in [-0.15, -0.1) is 12.4 Å². The molecule has 1 aromatic carbocycles. The van der Waals surface area contributed by atoms with E-state index in [1.807, 2.05) is 24.3 Å². The Hall–Kier alpha value is -1.10. The third-order valence-corrected chi connectivity index (χ3v) is 3.39. The Bertz CT molecular complexity index is 411. The lowest BCUT2D eigenvalue weighted by molar-refractivity contribution is 0.153. The van der Waals surface area contributed by atoms with Gasteiger partial charge < -0.3 is 10.8 Å². The van der Waals surface area contributed by atoms with Crippen LogP contribution < -0.4 is 5.73 Å². The number of likely N-dealkylation sites (tertiary alicyclic amines) is 1. The zero-order valence-corrected chi connectivity index (χ0v) is 11.1. The monoisotopic (exact) mass is 269 g/mol. The lowest BCUT2D eigenvalue weighted by Gasteiger charge is -2.23. The van der Waals surface area contributed by atoms with Crippen molar-refractivity contribution < 1.29 is 5.11 Å². The maximum absolute atomic E-state index is 9.28. The molecule has 0 saturated carbocycles. The van der Waals surface area contributed by atoms with Gasteiger partial charge in [0.1, 0.15) is 5.84 Å². The van der Waals surface area contributed by atoms with Gasteiger partial charge in [0.15, 0.2) is 0 Å². The van der Waals surface area contributed by atoms with Crippen LogP contribution in [0.4, 0.5) is 0 Å². The summed E-state index contributed by atoms with van der Waals surface area (Å²) in [7, 11) is 0. The zero-order chi connectivity index (χ0) is 12.3. The van der Waals surface area contributed by atoms with Gasteiger partial charge in [-0.25, -0.2) is 0 Å². The molecule has 0 bridgehead atoms. The van der Waals surface area contributed by atoms with Crippen molar-refractivity contribution >= 4 is 18.2 Å². The number of amidine groups is 1. The van der Waals surface area contributed by atoms with E-state index in [0.717, 1.165) is 37.1 Å². The Morgan fingerprint density at radius 2 is 2.17 bits per heavy atom. The Balaban J connectivity index is 0.00000162. The van der Waals surface area contributed by atoms with Gasteiger partial charge in [-0.05, 0) is 24.9 Å². The van der Waals surface area contributed by atoms with E-state index in [2.05, 4.69) is 4.90 Å². The fourth-order valence-corrected chi connectivity index (χ4v) is 2.45. The molecule has 0 amide bonds. The van der Waals surface area contributed by atoms with Gasteiger partial charge in [0.2, 0.25) is 0 Å². The van der Waals surface area contributed by atoms with Crippen LogP contribution in [-0.4, -0.2) is 35.0 Å². The highest BCUT2D eigenvalue weighted by atomic mass is 35.5. The summed E-state index contributed by atoms with van der Waals surface area (Å²) in [5.74, 6) is 0.111. The Kier molecular flexibility index (Phi) is 5.59. The third kappa shape index (κ3) is 3.22. The lowest BCUT2D eigenvalue weighted by Crippen LogP contribution is -2.32. The molecular formula is C13H20ClN3O. The molecule has 2 rings (SSSR count). The maximum Gasteiger partial charge on any atom is 0.123 e. The van der Waals surface area contributed by atoms with E-state index in [4.69, 9.17) is 11.1 Å². The number of nitrogens with one attached hydrogen (secondary N) is 1. The summed E-state index contributed by atoms with van der Waals surface area (Å²) in [6.07, 6.45) is 2.19. The first-order chi connectivity index (χ1) is 8.22. The minimum Gasteiger partial charge on any atom is -0.395 e. The van der Waals surface area contributed by atoms with Crippen molar-refractivity contribution in [3.05, 3.63) is 35.4 Å². The number of nitrogens with zero attached hydrogens (tertiary/aromatic N) is 1. The first kappa shape index (κ1) is 15.0. The van der Waals surface area contributed by atoms with Crippen molar-refractivity contribution in [2.75, 3.05) is 13.2 Å². The summed E-state index contributed by atoms with van der Waals surface area (Å²) >= 11 is 0. The predicted molar refractivity (Wildman–Crippen MR) is 75.2 cm³/mol. The molecule has 1 heterocycles. The quantitative estimate of drug-likeness (QED) is 0.571. The molecule has 0 spiro atoms. The first-order valence-electron chi connectivity index (χ1n) is 5.99. The Morgan fingerprint density at radius 1 is 1.44 bits per heavy atom. The van der Waals surface area contributed by atoms with Gasteiger partial charge in [0.05, 0.1) is 6.61 Å². The average molecular weight is 270 g/mol. The largest absolute Gasteiger partial charge is 0.395 e. The highest BCUT2D eigenvalue weighted by Gasteiger charge is 2.24. The van der Waals surface area contributed by atoms with Crippen LogP contribution in [0.15, 0.2) is 24.3 Å². The van der Waals surface area contributed by atoms with E-state index in [-0.39, 0.29) is 30.9 Å². The summed E-state index contributed by atoms with van der Waals surface area (Å²) in [4.78, 5) is 2.27. The molecule has 1 aliphatic heterocycles. The van der Waals surface area contributed by atoms with Crippen molar-refractivity contribution in [1.82, 2.24) is 4.90 Å². The number of nitrogen functional groups attached to an aromatic ring is 1. The highest BCUT2D eigenvalue weighted by molar-refractivity contribution is 5.96. The molecule has 1 unspecified atom stereocenters. The third-order valence-electron chi connectivity index (χ3n) is 3.39. The molecule has 0 radical (unpaired) electrons. The normalized spacial score (nSPS) is 19.5. The van der Waals surface area contributed by atoms with Crippen LogP contribution >= 0.6 is 12.4 Å². The second kappa shape index (κ2) is 6.73. The van der Waals surface area contributed by atoms with Gasteiger partial charge in [0.25, 0.3) is 0 Å². The summed E-state index contributed by atoms with van der Waals surface area (Å²) in [6.45, 7) is 1.99. The molecule has 100 valence electrons. The second-order valence-corrected chi connectivity index (χ2v) is 4.52. The molecule has 1 atom stereocenters. The van der Waals surface area contributed by atoms with Crippen LogP contribution in [0.1, 0.15) is 24.0 Å².